The second kappa shape index (κ2) is 6.01. The zero-order chi connectivity index (χ0) is 7.11. The molecule has 0 unspecified atom stereocenters. The van der Waals surface area contributed by atoms with E-state index in [0.717, 1.165) is 13.1 Å². The van der Waals surface area contributed by atoms with E-state index in [-0.39, 0.29) is 0 Å². The summed E-state index contributed by atoms with van der Waals surface area (Å²) in [6.07, 6.45) is 2.58. The van der Waals surface area contributed by atoms with Gasteiger partial charge in [-0.25, -0.2) is 5.01 Å². The van der Waals surface area contributed by atoms with Crippen LogP contribution in [0.3, 0.4) is 0 Å². The summed E-state index contributed by atoms with van der Waals surface area (Å²) in [5, 5.41) is 1.86. The summed E-state index contributed by atoms with van der Waals surface area (Å²) >= 11 is 0. The molecule has 0 aromatic carbocycles. The Bertz CT molecular complexity index is 53.0. The van der Waals surface area contributed by atoms with Gasteiger partial charge < -0.3 is 4.74 Å². The minimum Gasteiger partial charge on any atom is -0.388 e. The highest BCUT2D eigenvalue weighted by Gasteiger charge is 2.03. The second-order valence-electron chi connectivity index (χ2n) is 2.15. The van der Waals surface area contributed by atoms with Gasteiger partial charge in [0.15, 0.2) is 0 Å². The van der Waals surface area contributed by atoms with Crippen LogP contribution in [0.1, 0.15) is 12.8 Å². The molecule has 3 nitrogen and oxygen atoms in total. The van der Waals surface area contributed by atoms with Crippen molar-refractivity contribution in [1.82, 2.24) is 5.01 Å². The Kier molecular flexibility index (Phi) is 5.93. The number of nitrogens with two attached hydrogens (primary N) is 1. The molecule has 0 spiro atoms. The van der Waals surface area contributed by atoms with Gasteiger partial charge in [0.1, 0.15) is 0 Å². The zero-order valence-electron chi connectivity index (χ0n) is 6.26. The van der Waals surface area contributed by atoms with E-state index in [1.54, 1.807) is 14.2 Å². The molecule has 2 N–H and O–H groups in total. The van der Waals surface area contributed by atoms with Crippen molar-refractivity contribution in [1.29, 1.82) is 0 Å². The highest BCUT2D eigenvalue weighted by Crippen LogP contribution is 1.99. The van der Waals surface area contributed by atoms with E-state index in [4.69, 9.17) is 5.84 Å². The average molecular weight is 132 g/mol. The molecule has 1 heterocycles. The Hall–Kier alpha value is -0.120. The van der Waals surface area contributed by atoms with E-state index in [9.17, 15) is 0 Å². The smallest absolute Gasteiger partial charge is 0.0351 e. The fraction of sp³-hybridized carbons (Fsp3) is 1.00. The van der Waals surface area contributed by atoms with Crippen LogP contribution in [0.15, 0.2) is 0 Å². The van der Waals surface area contributed by atoms with Crippen LogP contribution < -0.4 is 5.84 Å². The monoisotopic (exact) mass is 132 g/mol. The topological polar surface area (TPSA) is 38.5 Å². The van der Waals surface area contributed by atoms with Crippen molar-refractivity contribution in [3.63, 3.8) is 0 Å². The third-order valence-electron chi connectivity index (χ3n) is 1.14. The average Bonchev–Trinajstić information content (AvgIpc) is 2.20. The van der Waals surface area contributed by atoms with E-state index >= 15 is 0 Å². The van der Waals surface area contributed by atoms with Gasteiger partial charge in [-0.3, -0.25) is 5.84 Å². The molecule has 0 amide bonds. The molecule has 0 radical (unpaired) electrons. The number of hydrogen-bond donors (Lipinski definition) is 1. The molecule has 0 aliphatic carbocycles. The Morgan fingerprint density at radius 2 is 1.56 bits per heavy atom. The maximum Gasteiger partial charge on any atom is 0.0351 e. The lowest BCUT2D eigenvalue weighted by molar-refractivity contribution is 0.277. The third kappa shape index (κ3) is 5.76. The highest BCUT2D eigenvalue weighted by atomic mass is 16.4. The van der Waals surface area contributed by atoms with Crippen LogP contribution in [0, 0.1) is 0 Å². The molecule has 1 rings (SSSR count). The van der Waals surface area contributed by atoms with Gasteiger partial charge in [-0.15, -0.1) is 0 Å². The van der Waals surface area contributed by atoms with Gasteiger partial charge in [-0.05, 0) is 12.8 Å². The number of ether oxygens (including phenoxy) is 1. The minimum absolute atomic E-state index is 1.10. The quantitative estimate of drug-likeness (QED) is 0.479. The second-order valence-corrected chi connectivity index (χ2v) is 2.15. The molecule has 56 valence electrons. The first kappa shape index (κ1) is 8.88. The Morgan fingerprint density at radius 3 is 1.67 bits per heavy atom. The summed E-state index contributed by atoms with van der Waals surface area (Å²) in [7, 11) is 3.25. The lowest BCUT2D eigenvalue weighted by Crippen LogP contribution is -2.26. The van der Waals surface area contributed by atoms with Gasteiger partial charge in [-0.2, -0.15) is 0 Å². The standard InChI is InChI=1S/C4H10N2.C2H6O/c5-6-3-1-2-4-6;1-3-2/h1-5H2;1-2H3. The van der Waals surface area contributed by atoms with Crippen LogP contribution in [-0.2, 0) is 4.74 Å². The van der Waals surface area contributed by atoms with Crippen molar-refractivity contribution >= 4 is 0 Å². The summed E-state index contributed by atoms with van der Waals surface area (Å²) in [6, 6.07) is 0. The van der Waals surface area contributed by atoms with Crippen LogP contribution in [0.25, 0.3) is 0 Å². The zero-order valence-corrected chi connectivity index (χ0v) is 6.26. The normalized spacial score (nSPS) is 19.0. The summed E-state index contributed by atoms with van der Waals surface area (Å²) in [6.45, 7) is 2.19. The summed E-state index contributed by atoms with van der Waals surface area (Å²) < 4.78 is 4.25. The SMILES string of the molecule is COC.NN1CCCC1. The largest absolute Gasteiger partial charge is 0.388 e. The van der Waals surface area contributed by atoms with Crippen molar-refractivity contribution < 1.29 is 4.74 Å². The molecular formula is C6H16N2O. The lowest BCUT2D eigenvalue weighted by atomic mass is 10.4. The number of hydrogen-bond acceptors (Lipinski definition) is 3. The van der Waals surface area contributed by atoms with Crippen molar-refractivity contribution in [2.75, 3.05) is 27.3 Å². The fourth-order valence-corrected chi connectivity index (χ4v) is 0.742. The molecule has 0 aromatic heterocycles. The Morgan fingerprint density at radius 1 is 1.22 bits per heavy atom. The molecule has 0 bridgehead atoms. The van der Waals surface area contributed by atoms with Crippen LogP contribution >= 0.6 is 0 Å². The predicted molar refractivity (Wildman–Crippen MR) is 37.9 cm³/mol. The Balaban J connectivity index is 0.000000187. The summed E-state index contributed by atoms with van der Waals surface area (Å²) in [5.74, 6) is 5.37. The van der Waals surface area contributed by atoms with Gasteiger partial charge in [0.05, 0.1) is 0 Å². The molecule has 0 aromatic rings. The lowest BCUT2D eigenvalue weighted by Gasteiger charge is -2.01. The highest BCUT2D eigenvalue weighted by molar-refractivity contribution is 4.57. The van der Waals surface area contributed by atoms with Gasteiger partial charge in [0, 0.05) is 27.3 Å². The third-order valence-corrected chi connectivity index (χ3v) is 1.14. The maximum absolute atomic E-state index is 5.37. The van der Waals surface area contributed by atoms with Crippen molar-refractivity contribution in [2.24, 2.45) is 5.84 Å². The first-order valence-electron chi connectivity index (χ1n) is 3.21. The molecule has 1 fully saturated rings. The molecule has 0 atom stereocenters. The predicted octanol–water partition coefficient (Wildman–Crippen LogP) is 0.219. The molecule has 1 saturated heterocycles. The molecule has 1 aliphatic rings. The van der Waals surface area contributed by atoms with E-state index in [0.29, 0.717) is 0 Å². The van der Waals surface area contributed by atoms with Crippen LogP contribution in [0.5, 0.6) is 0 Å². The van der Waals surface area contributed by atoms with E-state index in [1.165, 1.54) is 12.8 Å². The molecular weight excluding hydrogens is 116 g/mol. The summed E-state index contributed by atoms with van der Waals surface area (Å²) in [4.78, 5) is 0. The van der Waals surface area contributed by atoms with Gasteiger partial charge in [0.25, 0.3) is 0 Å². The van der Waals surface area contributed by atoms with Crippen molar-refractivity contribution in [3.05, 3.63) is 0 Å². The van der Waals surface area contributed by atoms with Crippen LogP contribution in [0.2, 0.25) is 0 Å². The molecule has 1 aliphatic heterocycles. The minimum atomic E-state index is 1.10. The molecule has 3 heteroatoms. The van der Waals surface area contributed by atoms with E-state index in [2.05, 4.69) is 4.74 Å². The number of methoxy groups -OCH3 is 1. The maximum atomic E-state index is 5.37. The number of nitrogens with zero attached hydrogens (tertiary/aromatic N) is 1. The first-order valence-corrected chi connectivity index (χ1v) is 3.21. The van der Waals surface area contributed by atoms with Crippen LogP contribution in [-0.4, -0.2) is 32.3 Å². The number of rotatable bonds is 0. The Labute approximate surface area is 56.7 Å². The van der Waals surface area contributed by atoms with E-state index in [1.807, 2.05) is 5.01 Å². The van der Waals surface area contributed by atoms with Crippen molar-refractivity contribution in [2.45, 2.75) is 12.8 Å². The van der Waals surface area contributed by atoms with Gasteiger partial charge >= 0.3 is 0 Å². The van der Waals surface area contributed by atoms with E-state index < -0.39 is 0 Å². The van der Waals surface area contributed by atoms with Gasteiger partial charge in [0.2, 0.25) is 0 Å². The van der Waals surface area contributed by atoms with Crippen molar-refractivity contribution in [3.8, 4) is 0 Å². The van der Waals surface area contributed by atoms with Crippen LogP contribution in [0.4, 0.5) is 0 Å². The number of hydrazine groups is 1. The molecule has 0 saturated carbocycles. The fourth-order valence-electron chi connectivity index (χ4n) is 0.742. The summed E-state index contributed by atoms with van der Waals surface area (Å²) in [5.41, 5.74) is 0. The molecule has 9 heavy (non-hydrogen) atoms. The van der Waals surface area contributed by atoms with Gasteiger partial charge in [-0.1, -0.05) is 0 Å². The first-order chi connectivity index (χ1) is 4.31.